The number of phenolic OH excluding ortho intramolecular Hbond substituents is 1. The summed E-state index contributed by atoms with van der Waals surface area (Å²) in [6, 6.07) is 12.6. The molecule has 2 aromatic carbocycles. The third-order valence-electron chi connectivity index (χ3n) is 3.59. The minimum absolute atomic E-state index is 0.0153. The van der Waals surface area contributed by atoms with Gasteiger partial charge in [-0.25, -0.2) is 10.1 Å². The maximum Gasteiger partial charge on any atom is 0.261 e. The highest BCUT2D eigenvalue weighted by Gasteiger charge is 2.07. The summed E-state index contributed by atoms with van der Waals surface area (Å²) in [6.45, 7) is 3.66. The van der Waals surface area contributed by atoms with E-state index in [9.17, 15) is 9.90 Å². The van der Waals surface area contributed by atoms with Crippen molar-refractivity contribution in [2.45, 2.75) is 13.0 Å². The Bertz CT molecular complexity index is 946. The molecule has 0 bridgehead atoms. The molecule has 0 spiro atoms. The summed E-state index contributed by atoms with van der Waals surface area (Å²) in [5, 5.41) is 21.7. The number of hydrogen-bond acceptors (Lipinski definition) is 5. The largest absolute Gasteiger partial charge is 0.508 e. The highest BCUT2D eigenvalue weighted by Crippen LogP contribution is 2.18. The van der Waals surface area contributed by atoms with Crippen LogP contribution in [0.4, 0.5) is 0 Å². The number of phenols is 1. The van der Waals surface area contributed by atoms with Crippen molar-refractivity contribution in [2.75, 3.05) is 0 Å². The SMILES string of the molecule is C=CCc1ccc(C=NNC(=O)Cn2nnc3ccccc32)cc1O. The molecule has 7 nitrogen and oxygen atoms in total. The van der Waals surface area contributed by atoms with Gasteiger partial charge < -0.3 is 5.11 Å². The normalized spacial score (nSPS) is 11.0. The maximum absolute atomic E-state index is 12.0. The van der Waals surface area contributed by atoms with E-state index in [4.69, 9.17) is 0 Å². The zero-order valence-corrected chi connectivity index (χ0v) is 13.5. The van der Waals surface area contributed by atoms with Crippen LogP contribution in [0.15, 0.2) is 60.2 Å². The van der Waals surface area contributed by atoms with Crippen LogP contribution in [0.2, 0.25) is 0 Å². The van der Waals surface area contributed by atoms with E-state index >= 15 is 0 Å². The minimum Gasteiger partial charge on any atom is -0.508 e. The van der Waals surface area contributed by atoms with Gasteiger partial charge in [-0.3, -0.25) is 4.79 Å². The predicted molar refractivity (Wildman–Crippen MR) is 95.3 cm³/mol. The molecule has 0 saturated heterocycles. The van der Waals surface area contributed by atoms with Crippen LogP contribution in [0, 0.1) is 0 Å². The third kappa shape index (κ3) is 3.89. The Morgan fingerprint density at radius 3 is 2.96 bits per heavy atom. The first-order chi connectivity index (χ1) is 12.2. The van der Waals surface area contributed by atoms with Gasteiger partial charge in [0.15, 0.2) is 0 Å². The first-order valence-electron chi connectivity index (χ1n) is 7.70. The Labute approximate surface area is 144 Å². The standard InChI is InChI=1S/C18H17N5O2/c1-2-5-14-9-8-13(10-17(14)24)11-19-21-18(25)12-23-16-7-4-3-6-15(16)20-22-23/h2-4,6-11,24H,1,5,12H2,(H,21,25). The lowest BCUT2D eigenvalue weighted by Crippen LogP contribution is -2.23. The zero-order valence-electron chi connectivity index (χ0n) is 13.5. The van der Waals surface area contributed by atoms with Gasteiger partial charge >= 0.3 is 0 Å². The van der Waals surface area contributed by atoms with Crippen molar-refractivity contribution in [3.8, 4) is 5.75 Å². The average Bonchev–Trinajstić information content (AvgIpc) is 3.00. The smallest absolute Gasteiger partial charge is 0.261 e. The molecular formula is C18H17N5O2. The van der Waals surface area contributed by atoms with Crippen molar-refractivity contribution in [3.05, 3.63) is 66.2 Å². The summed E-state index contributed by atoms with van der Waals surface area (Å²) in [7, 11) is 0. The zero-order chi connectivity index (χ0) is 17.6. The van der Waals surface area contributed by atoms with Gasteiger partial charge in [0.25, 0.3) is 5.91 Å². The molecule has 0 atom stereocenters. The van der Waals surface area contributed by atoms with Crippen molar-refractivity contribution in [2.24, 2.45) is 5.10 Å². The molecule has 0 fully saturated rings. The lowest BCUT2D eigenvalue weighted by Gasteiger charge is -2.03. The van der Waals surface area contributed by atoms with E-state index in [1.165, 1.54) is 10.9 Å². The molecule has 0 aliphatic rings. The molecule has 0 aliphatic heterocycles. The Hall–Kier alpha value is -3.48. The quantitative estimate of drug-likeness (QED) is 0.409. The van der Waals surface area contributed by atoms with E-state index in [0.29, 0.717) is 12.0 Å². The van der Waals surface area contributed by atoms with E-state index in [1.54, 1.807) is 24.3 Å². The molecule has 25 heavy (non-hydrogen) atoms. The van der Waals surface area contributed by atoms with Crippen LogP contribution in [0.5, 0.6) is 5.75 Å². The van der Waals surface area contributed by atoms with E-state index < -0.39 is 0 Å². The van der Waals surface area contributed by atoms with E-state index in [-0.39, 0.29) is 18.2 Å². The van der Waals surface area contributed by atoms with Gasteiger partial charge in [0.1, 0.15) is 17.8 Å². The molecule has 126 valence electrons. The number of carbonyl (C=O) groups excluding carboxylic acids is 1. The summed E-state index contributed by atoms with van der Waals surface area (Å²) in [4.78, 5) is 12.0. The number of hydrogen-bond donors (Lipinski definition) is 2. The number of nitrogens with one attached hydrogen (secondary N) is 1. The van der Waals surface area contributed by atoms with Crippen LogP contribution in [-0.4, -0.2) is 32.2 Å². The Kier molecular flexibility index (Phi) is 4.84. The molecule has 3 rings (SSSR count). The highest BCUT2D eigenvalue weighted by molar-refractivity contribution is 5.83. The third-order valence-corrected chi connectivity index (χ3v) is 3.59. The van der Waals surface area contributed by atoms with E-state index in [2.05, 4.69) is 27.4 Å². The number of fused-ring (bicyclic) bond motifs is 1. The summed E-state index contributed by atoms with van der Waals surface area (Å²) < 4.78 is 1.51. The average molecular weight is 335 g/mol. The topological polar surface area (TPSA) is 92.4 Å². The summed E-state index contributed by atoms with van der Waals surface area (Å²) in [5.41, 5.74) is 5.41. The number of aromatic hydroxyl groups is 1. The number of aromatic nitrogens is 3. The molecule has 0 radical (unpaired) electrons. The van der Waals surface area contributed by atoms with Gasteiger partial charge in [-0.2, -0.15) is 5.10 Å². The Balaban J connectivity index is 1.61. The number of benzene rings is 2. The summed E-state index contributed by atoms with van der Waals surface area (Å²) >= 11 is 0. The van der Waals surface area contributed by atoms with Crippen LogP contribution in [-0.2, 0) is 17.8 Å². The van der Waals surface area contributed by atoms with E-state index in [1.807, 2.05) is 24.3 Å². The lowest BCUT2D eigenvalue weighted by atomic mass is 10.1. The van der Waals surface area contributed by atoms with Crippen LogP contribution in [0.1, 0.15) is 11.1 Å². The van der Waals surface area contributed by atoms with Gasteiger partial charge in [-0.1, -0.05) is 35.6 Å². The monoisotopic (exact) mass is 335 g/mol. The van der Waals surface area contributed by atoms with Crippen molar-refractivity contribution in [3.63, 3.8) is 0 Å². The molecule has 0 unspecified atom stereocenters. The summed E-state index contributed by atoms with van der Waals surface area (Å²) in [5.74, 6) is -0.149. The molecule has 1 aromatic heterocycles. The van der Waals surface area contributed by atoms with Crippen LogP contribution < -0.4 is 5.43 Å². The number of para-hydroxylation sites is 1. The second-order valence-electron chi connectivity index (χ2n) is 5.41. The maximum atomic E-state index is 12.0. The van der Waals surface area contributed by atoms with Gasteiger partial charge in [0, 0.05) is 0 Å². The van der Waals surface area contributed by atoms with Crippen molar-refractivity contribution in [1.29, 1.82) is 0 Å². The fourth-order valence-corrected chi connectivity index (χ4v) is 2.37. The fraction of sp³-hybridized carbons (Fsp3) is 0.111. The van der Waals surface area contributed by atoms with Crippen LogP contribution in [0.25, 0.3) is 11.0 Å². The number of rotatable bonds is 6. The summed E-state index contributed by atoms with van der Waals surface area (Å²) in [6.07, 6.45) is 3.78. The van der Waals surface area contributed by atoms with Crippen molar-refractivity contribution >= 4 is 23.2 Å². The molecule has 3 aromatic rings. The van der Waals surface area contributed by atoms with Crippen molar-refractivity contribution < 1.29 is 9.90 Å². The van der Waals surface area contributed by atoms with Crippen molar-refractivity contribution in [1.82, 2.24) is 20.4 Å². The predicted octanol–water partition coefficient (Wildman–Crippen LogP) is 2.02. The molecule has 7 heteroatoms. The molecule has 0 aliphatic carbocycles. The molecule has 2 N–H and O–H groups in total. The van der Waals surface area contributed by atoms with Crippen LogP contribution in [0.3, 0.4) is 0 Å². The number of allylic oxidation sites excluding steroid dienone is 1. The minimum atomic E-state index is -0.320. The molecular weight excluding hydrogens is 318 g/mol. The first kappa shape index (κ1) is 16.4. The van der Waals surface area contributed by atoms with Gasteiger partial charge in [-0.15, -0.1) is 11.7 Å². The first-order valence-corrected chi connectivity index (χ1v) is 7.70. The number of nitrogens with zero attached hydrogens (tertiary/aromatic N) is 4. The highest BCUT2D eigenvalue weighted by atomic mass is 16.3. The second kappa shape index (κ2) is 7.39. The van der Waals surface area contributed by atoms with Gasteiger partial charge in [-0.05, 0) is 35.7 Å². The van der Waals surface area contributed by atoms with E-state index in [0.717, 1.165) is 16.6 Å². The lowest BCUT2D eigenvalue weighted by molar-refractivity contribution is -0.121. The number of amides is 1. The Morgan fingerprint density at radius 1 is 1.32 bits per heavy atom. The molecule has 0 saturated carbocycles. The van der Waals surface area contributed by atoms with Crippen LogP contribution >= 0.6 is 0 Å². The number of carbonyl (C=O) groups is 1. The fourth-order valence-electron chi connectivity index (χ4n) is 2.37. The molecule has 1 heterocycles. The van der Waals surface area contributed by atoms with Gasteiger partial charge in [0.05, 0.1) is 11.7 Å². The Morgan fingerprint density at radius 2 is 2.16 bits per heavy atom. The second-order valence-corrected chi connectivity index (χ2v) is 5.41. The van der Waals surface area contributed by atoms with Gasteiger partial charge in [0.2, 0.25) is 0 Å². The number of hydrazone groups is 1. The molecule has 1 amide bonds.